The molecule has 0 radical (unpaired) electrons. The highest BCUT2D eigenvalue weighted by Gasteiger charge is 2.30. The first-order chi connectivity index (χ1) is 14.2. The summed E-state index contributed by atoms with van der Waals surface area (Å²) in [4.78, 5) is 14.8. The molecule has 0 atom stereocenters. The summed E-state index contributed by atoms with van der Waals surface area (Å²) in [6.45, 7) is 5.19. The lowest BCUT2D eigenvalue weighted by molar-refractivity contribution is -0.132. The fourth-order valence-corrected chi connectivity index (χ4v) is 5.13. The Labute approximate surface area is 188 Å². The van der Waals surface area contributed by atoms with Crippen molar-refractivity contribution in [2.45, 2.75) is 38.1 Å². The highest BCUT2D eigenvalue weighted by atomic mass is 35.5. The molecule has 1 aliphatic rings. The zero-order chi connectivity index (χ0) is 21.9. The normalized spacial score (nSPS) is 15.6. The van der Waals surface area contributed by atoms with Gasteiger partial charge in [-0.25, -0.2) is 8.42 Å². The van der Waals surface area contributed by atoms with Crippen molar-refractivity contribution < 1.29 is 13.2 Å². The number of aryl methyl sites for hydroxylation is 1. The van der Waals surface area contributed by atoms with Crippen molar-refractivity contribution in [1.82, 2.24) is 9.21 Å². The molecule has 0 aromatic heterocycles. The molecule has 0 unspecified atom stereocenters. The second-order valence-corrected chi connectivity index (χ2v) is 10.7. The topological polar surface area (TPSA) is 57.7 Å². The van der Waals surface area contributed by atoms with E-state index in [4.69, 9.17) is 23.2 Å². The van der Waals surface area contributed by atoms with Crippen molar-refractivity contribution >= 4 is 39.1 Å². The summed E-state index contributed by atoms with van der Waals surface area (Å²) in [6.07, 6.45) is 1.87. The average Bonchev–Trinajstić information content (AvgIpc) is 2.71. The van der Waals surface area contributed by atoms with Crippen LogP contribution in [0.1, 0.15) is 30.9 Å². The predicted octanol–water partition coefficient (Wildman–Crippen LogP) is 4.75. The standard InChI is InChI=1S/C22H26Cl2N2O3S/c1-16-3-6-19(7-4-16)30(28,29)26(14-18-5-8-20(23)21(24)13-18)15-22(27)25-11-9-17(2)10-12-25/h3-8,13,17H,9-12,14-15H2,1-2H3. The number of likely N-dealkylation sites (tertiary alicyclic amines) is 1. The zero-order valence-electron chi connectivity index (χ0n) is 17.1. The number of nitrogens with zero attached hydrogens (tertiary/aromatic N) is 2. The van der Waals surface area contributed by atoms with E-state index in [9.17, 15) is 13.2 Å². The average molecular weight is 469 g/mol. The summed E-state index contributed by atoms with van der Waals surface area (Å²) in [5, 5.41) is 0.741. The molecule has 1 heterocycles. The van der Waals surface area contributed by atoms with Crippen LogP contribution in [0.2, 0.25) is 10.0 Å². The molecule has 2 aromatic rings. The SMILES string of the molecule is Cc1ccc(S(=O)(=O)N(CC(=O)N2CCC(C)CC2)Cc2ccc(Cl)c(Cl)c2)cc1. The third kappa shape index (κ3) is 5.55. The van der Waals surface area contributed by atoms with Crippen LogP contribution in [-0.4, -0.2) is 43.2 Å². The maximum absolute atomic E-state index is 13.4. The van der Waals surface area contributed by atoms with Gasteiger partial charge in [-0.15, -0.1) is 0 Å². The first-order valence-electron chi connectivity index (χ1n) is 9.95. The van der Waals surface area contributed by atoms with Crippen LogP contribution >= 0.6 is 23.2 Å². The fraction of sp³-hybridized carbons (Fsp3) is 0.409. The second kappa shape index (κ2) is 9.69. The van der Waals surface area contributed by atoms with Crippen LogP contribution in [0.4, 0.5) is 0 Å². The summed E-state index contributed by atoms with van der Waals surface area (Å²) < 4.78 is 28.0. The molecular formula is C22H26Cl2N2O3S. The van der Waals surface area contributed by atoms with E-state index < -0.39 is 10.0 Å². The molecule has 1 fully saturated rings. The van der Waals surface area contributed by atoms with Crippen LogP contribution in [0.15, 0.2) is 47.4 Å². The van der Waals surface area contributed by atoms with Crippen LogP contribution in [0.5, 0.6) is 0 Å². The van der Waals surface area contributed by atoms with Crippen molar-refractivity contribution in [3.63, 3.8) is 0 Å². The molecule has 162 valence electrons. The third-order valence-corrected chi connectivity index (χ3v) is 7.99. The van der Waals surface area contributed by atoms with Gasteiger partial charge >= 0.3 is 0 Å². The minimum absolute atomic E-state index is 0.0308. The molecule has 3 rings (SSSR count). The Morgan fingerprint density at radius 3 is 2.30 bits per heavy atom. The lowest BCUT2D eigenvalue weighted by Crippen LogP contribution is -2.45. The summed E-state index contributed by atoms with van der Waals surface area (Å²) in [5.41, 5.74) is 1.63. The Morgan fingerprint density at radius 2 is 1.70 bits per heavy atom. The van der Waals surface area contributed by atoms with Gasteiger partial charge in [-0.2, -0.15) is 4.31 Å². The summed E-state index contributed by atoms with van der Waals surface area (Å²) in [7, 11) is -3.87. The number of carbonyl (C=O) groups excluding carboxylic acids is 1. The van der Waals surface area contributed by atoms with E-state index >= 15 is 0 Å². The van der Waals surface area contributed by atoms with E-state index in [1.807, 2.05) is 6.92 Å². The molecule has 1 aliphatic heterocycles. The molecule has 5 nitrogen and oxygen atoms in total. The van der Waals surface area contributed by atoms with Gasteiger partial charge in [0.25, 0.3) is 0 Å². The number of amides is 1. The van der Waals surface area contributed by atoms with Gasteiger partial charge in [-0.1, -0.05) is 53.9 Å². The Morgan fingerprint density at radius 1 is 1.07 bits per heavy atom. The minimum atomic E-state index is -3.87. The predicted molar refractivity (Wildman–Crippen MR) is 120 cm³/mol. The molecule has 0 saturated carbocycles. The smallest absolute Gasteiger partial charge is 0.243 e. The van der Waals surface area contributed by atoms with Crippen molar-refractivity contribution in [2.24, 2.45) is 5.92 Å². The second-order valence-electron chi connectivity index (χ2n) is 7.90. The number of hydrogen-bond donors (Lipinski definition) is 0. The zero-order valence-corrected chi connectivity index (χ0v) is 19.5. The third-order valence-electron chi connectivity index (χ3n) is 5.45. The quantitative estimate of drug-likeness (QED) is 0.614. The molecule has 1 amide bonds. The largest absolute Gasteiger partial charge is 0.342 e. The Hall–Kier alpha value is -1.60. The number of carbonyl (C=O) groups is 1. The van der Waals surface area contributed by atoms with Gasteiger partial charge in [-0.05, 0) is 55.5 Å². The lowest BCUT2D eigenvalue weighted by Gasteiger charge is -2.32. The summed E-state index contributed by atoms with van der Waals surface area (Å²) >= 11 is 12.1. The van der Waals surface area contributed by atoms with E-state index in [0.29, 0.717) is 34.6 Å². The first-order valence-corrected chi connectivity index (χ1v) is 12.1. The summed E-state index contributed by atoms with van der Waals surface area (Å²) in [5.74, 6) is 0.398. The van der Waals surface area contributed by atoms with E-state index in [2.05, 4.69) is 6.92 Å². The summed E-state index contributed by atoms with van der Waals surface area (Å²) in [6, 6.07) is 11.6. The molecule has 0 spiro atoms. The molecule has 1 saturated heterocycles. The number of halogens is 2. The first kappa shape index (κ1) is 23.1. The monoisotopic (exact) mass is 468 g/mol. The molecule has 2 aromatic carbocycles. The van der Waals surface area contributed by atoms with Crippen molar-refractivity contribution in [2.75, 3.05) is 19.6 Å². The Balaban J connectivity index is 1.88. The Kier molecular flexibility index (Phi) is 7.45. The molecule has 8 heteroatoms. The van der Waals surface area contributed by atoms with Crippen molar-refractivity contribution in [3.8, 4) is 0 Å². The minimum Gasteiger partial charge on any atom is -0.342 e. The van der Waals surface area contributed by atoms with E-state index in [-0.39, 0.29) is 23.9 Å². The highest BCUT2D eigenvalue weighted by Crippen LogP contribution is 2.26. The van der Waals surface area contributed by atoms with Gasteiger partial charge in [0.05, 0.1) is 21.5 Å². The number of benzene rings is 2. The van der Waals surface area contributed by atoms with Gasteiger partial charge in [0.1, 0.15) is 0 Å². The van der Waals surface area contributed by atoms with Crippen LogP contribution in [0, 0.1) is 12.8 Å². The van der Waals surface area contributed by atoms with Crippen LogP contribution in [-0.2, 0) is 21.4 Å². The van der Waals surface area contributed by atoms with E-state index in [1.54, 1.807) is 47.4 Å². The number of hydrogen-bond acceptors (Lipinski definition) is 3. The number of rotatable bonds is 6. The highest BCUT2D eigenvalue weighted by molar-refractivity contribution is 7.89. The molecular weight excluding hydrogens is 443 g/mol. The number of sulfonamides is 1. The van der Waals surface area contributed by atoms with Gasteiger partial charge in [-0.3, -0.25) is 4.79 Å². The molecule has 30 heavy (non-hydrogen) atoms. The molecule has 0 bridgehead atoms. The van der Waals surface area contributed by atoms with Crippen LogP contribution < -0.4 is 0 Å². The van der Waals surface area contributed by atoms with Crippen LogP contribution in [0.25, 0.3) is 0 Å². The molecule has 0 N–H and O–H groups in total. The van der Waals surface area contributed by atoms with Crippen LogP contribution in [0.3, 0.4) is 0 Å². The Bertz CT molecular complexity index is 1000. The van der Waals surface area contributed by atoms with Gasteiger partial charge in [0.15, 0.2) is 0 Å². The number of piperidine rings is 1. The molecule has 0 aliphatic carbocycles. The van der Waals surface area contributed by atoms with Gasteiger partial charge in [0.2, 0.25) is 15.9 Å². The van der Waals surface area contributed by atoms with Gasteiger partial charge < -0.3 is 4.90 Å². The maximum Gasteiger partial charge on any atom is 0.243 e. The van der Waals surface area contributed by atoms with Crippen molar-refractivity contribution in [1.29, 1.82) is 0 Å². The van der Waals surface area contributed by atoms with E-state index in [1.165, 1.54) is 4.31 Å². The van der Waals surface area contributed by atoms with Gasteiger partial charge in [0, 0.05) is 19.6 Å². The fourth-order valence-electron chi connectivity index (χ4n) is 3.44. The van der Waals surface area contributed by atoms with E-state index in [0.717, 1.165) is 18.4 Å². The lowest BCUT2D eigenvalue weighted by atomic mass is 9.99. The maximum atomic E-state index is 13.4. The van der Waals surface area contributed by atoms with Crippen molar-refractivity contribution in [3.05, 3.63) is 63.6 Å².